The molecule has 1 amide bonds. The van der Waals surface area contributed by atoms with Crippen LogP contribution in [0.1, 0.15) is 44.0 Å². The minimum Gasteiger partial charge on any atom is -0.326 e. The van der Waals surface area contributed by atoms with E-state index in [0.29, 0.717) is 17.6 Å². The lowest BCUT2D eigenvalue weighted by Gasteiger charge is -2.29. The highest BCUT2D eigenvalue weighted by atomic mass is 16.1. The summed E-state index contributed by atoms with van der Waals surface area (Å²) < 4.78 is 1.87. The highest BCUT2D eigenvalue weighted by Crippen LogP contribution is 2.38. The molecule has 3 heterocycles. The molecule has 1 aliphatic rings. The van der Waals surface area contributed by atoms with Crippen molar-refractivity contribution in [2.24, 2.45) is 5.41 Å². The number of hydrogen-bond acceptors (Lipinski definition) is 4. The number of anilines is 1. The van der Waals surface area contributed by atoms with Crippen molar-refractivity contribution in [2.75, 3.05) is 5.32 Å². The number of hydrogen-bond donors (Lipinski definition) is 2. The molecule has 0 saturated heterocycles. The standard InChI is InChI=1S/C24H26N6O/c1-15(31)26-20-7-5-4-6-16(20)13-30-14-18-10-17(12-25-23(18)29-30)22-19-8-9-24(2,3)11-21(19)27-28-22/h4-7,10,12,14H,8-9,11,13H2,1-3H3,(H,26,31)(H,27,28). The number of nitrogens with one attached hydrogen (secondary N) is 2. The Hall–Kier alpha value is -3.48. The predicted molar refractivity (Wildman–Crippen MR) is 121 cm³/mol. The van der Waals surface area contributed by atoms with Crippen LogP contribution in [0.2, 0.25) is 0 Å². The summed E-state index contributed by atoms with van der Waals surface area (Å²) in [7, 11) is 0. The van der Waals surface area contributed by atoms with Crippen LogP contribution in [-0.4, -0.2) is 30.9 Å². The van der Waals surface area contributed by atoms with Crippen molar-refractivity contribution in [1.29, 1.82) is 0 Å². The van der Waals surface area contributed by atoms with Gasteiger partial charge in [0.1, 0.15) is 0 Å². The van der Waals surface area contributed by atoms with Crippen molar-refractivity contribution in [3.05, 3.63) is 59.5 Å². The van der Waals surface area contributed by atoms with Crippen LogP contribution in [0.15, 0.2) is 42.7 Å². The summed E-state index contributed by atoms with van der Waals surface area (Å²) in [5.74, 6) is -0.0879. The average Bonchev–Trinajstić information content (AvgIpc) is 3.30. The van der Waals surface area contributed by atoms with Crippen molar-refractivity contribution in [2.45, 2.75) is 46.6 Å². The van der Waals surface area contributed by atoms with E-state index in [2.05, 4.69) is 45.5 Å². The lowest BCUT2D eigenvalue weighted by atomic mass is 9.76. The third-order valence-corrected chi connectivity index (χ3v) is 6.00. The molecule has 0 atom stereocenters. The summed E-state index contributed by atoms with van der Waals surface area (Å²) in [6, 6.07) is 9.88. The molecule has 0 unspecified atom stereocenters. The van der Waals surface area contributed by atoms with E-state index in [1.54, 1.807) is 0 Å². The van der Waals surface area contributed by atoms with Gasteiger partial charge in [0.2, 0.25) is 5.91 Å². The average molecular weight is 415 g/mol. The van der Waals surface area contributed by atoms with Gasteiger partial charge in [-0.2, -0.15) is 10.2 Å². The second-order valence-electron chi connectivity index (χ2n) is 9.17. The molecule has 5 rings (SSSR count). The summed E-state index contributed by atoms with van der Waals surface area (Å²) in [6.07, 6.45) is 7.08. The first-order chi connectivity index (χ1) is 14.9. The van der Waals surface area contributed by atoms with Crippen LogP contribution in [0.25, 0.3) is 22.3 Å². The van der Waals surface area contributed by atoms with E-state index < -0.39 is 0 Å². The number of carbonyl (C=O) groups excluding carboxylic acids is 1. The first-order valence-corrected chi connectivity index (χ1v) is 10.6. The summed E-state index contributed by atoms with van der Waals surface area (Å²) in [4.78, 5) is 16.1. The number of H-pyrrole nitrogens is 1. The van der Waals surface area contributed by atoms with Crippen LogP contribution >= 0.6 is 0 Å². The van der Waals surface area contributed by atoms with Crippen LogP contribution in [0.4, 0.5) is 5.69 Å². The number of pyridine rings is 1. The largest absolute Gasteiger partial charge is 0.326 e. The van der Waals surface area contributed by atoms with Gasteiger partial charge in [0.25, 0.3) is 0 Å². The number of benzene rings is 1. The third-order valence-electron chi connectivity index (χ3n) is 6.00. The number of amides is 1. The van der Waals surface area contributed by atoms with Gasteiger partial charge in [-0.15, -0.1) is 0 Å². The van der Waals surface area contributed by atoms with Crippen molar-refractivity contribution in [3.8, 4) is 11.3 Å². The Balaban J connectivity index is 1.45. The van der Waals surface area contributed by atoms with Gasteiger partial charge in [-0.05, 0) is 42.4 Å². The van der Waals surface area contributed by atoms with Crippen molar-refractivity contribution < 1.29 is 4.79 Å². The van der Waals surface area contributed by atoms with E-state index >= 15 is 0 Å². The quantitative estimate of drug-likeness (QED) is 0.520. The molecule has 0 fully saturated rings. The Labute approximate surface area is 180 Å². The Kier molecular flexibility index (Phi) is 4.61. The molecule has 1 aromatic carbocycles. The smallest absolute Gasteiger partial charge is 0.221 e. The molecule has 7 heteroatoms. The van der Waals surface area contributed by atoms with Crippen LogP contribution in [0, 0.1) is 5.41 Å². The minimum atomic E-state index is -0.0879. The van der Waals surface area contributed by atoms with Gasteiger partial charge in [0.05, 0.1) is 12.2 Å². The fraction of sp³-hybridized carbons (Fsp3) is 0.333. The maximum atomic E-state index is 11.5. The molecule has 2 N–H and O–H groups in total. The number of nitrogens with zero attached hydrogens (tertiary/aromatic N) is 4. The van der Waals surface area contributed by atoms with Crippen molar-refractivity contribution >= 4 is 22.6 Å². The second kappa shape index (κ2) is 7.34. The fourth-order valence-electron chi connectivity index (χ4n) is 4.40. The minimum absolute atomic E-state index is 0.0879. The molecular weight excluding hydrogens is 388 g/mol. The van der Waals surface area contributed by atoms with E-state index in [1.165, 1.54) is 18.2 Å². The SMILES string of the molecule is CC(=O)Nc1ccccc1Cn1cc2cc(-c3n[nH]c4c3CCC(C)(C)C4)cnc2n1. The zero-order valence-electron chi connectivity index (χ0n) is 18.1. The number of carbonyl (C=O) groups is 1. The molecule has 1 aliphatic carbocycles. The molecule has 0 radical (unpaired) electrons. The molecule has 31 heavy (non-hydrogen) atoms. The van der Waals surface area contributed by atoms with Gasteiger partial charge in [-0.25, -0.2) is 4.98 Å². The maximum Gasteiger partial charge on any atom is 0.221 e. The number of rotatable bonds is 4. The summed E-state index contributed by atoms with van der Waals surface area (Å²) in [5, 5.41) is 16.4. The van der Waals surface area contributed by atoms with Gasteiger partial charge < -0.3 is 5.32 Å². The van der Waals surface area contributed by atoms with E-state index in [-0.39, 0.29) is 5.91 Å². The van der Waals surface area contributed by atoms with Crippen LogP contribution in [-0.2, 0) is 24.2 Å². The molecule has 0 aliphatic heterocycles. The lowest BCUT2D eigenvalue weighted by molar-refractivity contribution is -0.114. The zero-order valence-corrected chi connectivity index (χ0v) is 18.1. The van der Waals surface area contributed by atoms with Gasteiger partial charge in [-0.3, -0.25) is 14.6 Å². The zero-order chi connectivity index (χ0) is 21.6. The molecular formula is C24H26N6O. The normalized spacial score (nSPS) is 15.1. The Morgan fingerprint density at radius 1 is 1.29 bits per heavy atom. The van der Waals surface area contributed by atoms with Crippen molar-refractivity contribution in [3.63, 3.8) is 0 Å². The maximum absolute atomic E-state index is 11.5. The van der Waals surface area contributed by atoms with E-state index in [4.69, 9.17) is 0 Å². The molecule has 3 aromatic heterocycles. The fourth-order valence-corrected chi connectivity index (χ4v) is 4.40. The van der Waals surface area contributed by atoms with Gasteiger partial charge in [0, 0.05) is 47.2 Å². The molecule has 7 nitrogen and oxygen atoms in total. The van der Waals surface area contributed by atoms with Gasteiger partial charge in [0.15, 0.2) is 5.65 Å². The molecule has 0 saturated carbocycles. The number of aromatic amines is 1. The topological polar surface area (TPSA) is 88.5 Å². The number of fused-ring (bicyclic) bond motifs is 2. The van der Waals surface area contributed by atoms with E-state index in [1.807, 2.05) is 41.3 Å². The van der Waals surface area contributed by atoms with Crippen LogP contribution < -0.4 is 5.32 Å². The van der Waals surface area contributed by atoms with Crippen molar-refractivity contribution in [1.82, 2.24) is 25.0 Å². The second-order valence-corrected chi connectivity index (χ2v) is 9.17. The number of para-hydroxylation sites is 1. The third kappa shape index (κ3) is 3.83. The highest BCUT2D eigenvalue weighted by Gasteiger charge is 2.29. The molecule has 4 aromatic rings. The summed E-state index contributed by atoms with van der Waals surface area (Å²) >= 11 is 0. The van der Waals surface area contributed by atoms with Crippen LogP contribution in [0.3, 0.4) is 0 Å². The molecule has 0 spiro atoms. The monoisotopic (exact) mass is 414 g/mol. The highest BCUT2D eigenvalue weighted by molar-refractivity contribution is 5.89. The van der Waals surface area contributed by atoms with Crippen LogP contribution in [0.5, 0.6) is 0 Å². The van der Waals surface area contributed by atoms with Gasteiger partial charge in [-0.1, -0.05) is 32.0 Å². The van der Waals surface area contributed by atoms with E-state index in [0.717, 1.165) is 47.2 Å². The van der Waals surface area contributed by atoms with Gasteiger partial charge >= 0.3 is 0 Å². The predicted octanol–water partition coefficient (Wildman–Crippen LogP) is 4.34. The Morgan fingerprint density at radius 2 is 2.13 bits per heavy atom. The Bertz CT molecular complexity index is 1280. The summed E-state index contributed by atoms with van der Waals surface area (Å²) in [5.41, 5.74) is 7.39. The number of aromatic nitrogens is 5. The molecule has 158 valence electrons. The lowest BCUT2D eigenvalue weighted by Crippen LogP contribution is -2.21. The Morgan fingerprint density at radius 3 is 2.97 bits per heavy atom. The first kappa shape index (κ1) is 19.5. The summed E-state index contributed by atoms with van der Waals surface area (Å²) in [6.45, 7) is 6.68. The first-order valence-electron chi connectivity index (χ1n) is 10.6. The van der Waals surface area contributed by atoms with E-state index in [9.17, 15) is 4.79 Å². The molecule has 0 bridgehead atoms.